The maximum atomic E-state index is 12.4. The lowest BCUT2D eigenvalue weighted by Crippen LogP contribution is -2.48. The molecule has 0 fully saturated rings. The van der Waals surface area contributed by atoms with Crippen LogP contribution in [0.15, 0.2) is 24.3 Å². The van der Waals surface area contributed by atoms with Crippen LogP contribution in [-0.2, 0) is 4.79 Å². The Morgan fingerprint density at radius 1 is 0.533 bits per heavy atom. The first-order valence-electron chi connectivity index (χ1n) is 19.7. The maximum absolute atomic E-state index is 12.4. The Kier molecular flexibility index (Phi) is 34.8. The molecule has 4 N–H and O–H groups in total. The summed E-state index contributed by atoms with van der Waals surface area (Å²) in [5.74, 6) is -0.513. The average molecular weight is 636 g/mol. The van der Waals surface area contributed by atoms with Crippen molar-refractivity contribution in [2.75, 3.05) is 6.61 Å². The first kappa shape index (κ1) is 43.8. The van der Waals surface area contributed by atoms with Crippen molar-refractivity contribution in [2.45, 2.75) is 218 Å². The summed E-state index contributed by atoms with van der Waals surface area (Å²) >= 11 is 0. The number of aliphatic hydroxyl groups is 3. The van der Waals surface area contributed by atoms with E-state index >= 15 is 0 Å². The quantitative estimate of drug-likeness (QED) is 0.0412. The number of amides is 1. The molecule has 3 unspecified atom stereocenters. The summed E-state index contributed by atoms with van der Waals surface area (Å²) < 4.78 is 0. The van der Waals surface area contributed by atoms with Gasteiger partial charge in [-0.2, -0.15) is 0 Å². The van der Waals surface area contributed by atoms with Gasteiger partial charge in [0.15, 0.2) is 0 Å². The van der Waals surface area contributed by atoms with Crippen molar-refractivity contribution in [3.8, 4) is 0 Å². The molecule has 0 saturated heterocycles. The highest BCUT2D eigenvalue weighted by Gasteiger charge is 2.22. The lowest BCUT2D eigenvalue weighted by atomic mass is 10.0. The fourth-order valence-electron chi connectivity index (χ4n) is 5.91. The van der Waals surface area contributed by atoms with Crippen LogP contribution in [0.2, 0.25) is 0 Å². The maximum Gasteiger partial charge on any atom is 0.249 e. The summed E-state index contributed by atoms with van der Waals surface area (Å²) in [5.41, 5.74) is 0. The molecule has 1 amide bonds. The van der Waals surface area contributed by atoms with Crippen LogP contribution in [0.25, 0.3) is 0 Å². The van der Waals surface area contributed by atoms with Crippen LogP contribution in [0.5, 0.6) is 0 Å². The first-order chi connectivity index (χ1) is 22.1. The number of allylic oxidation sites excluding steroid dienone is 3. The molecule has 0 aliphatic rings. The van der Waals surface area contributed by atoms with E-state index in [2.05, 4.69) is 31.3 Å². The molecule has 266 valence electrons. The smallest absolute Gasteiger partial charge is 0.249 e. The molecule has 0 spiro atoms. The van der Waals surface area contributed by atoms with Gasteiger partial charge in [-0.1, -0.05) is 192 Å². The van der Waals surface area contributed by atoms with Gasteiger partial charge in [-0.25, -0.2) is 0 Å². The Bertz CT molecular complexity index is 665. The number of carbonyl (C=O) groups excluding carboxylic acids is 1. The lowest BCUT2D eigenvalue weighted by Gasteiger charge is -2.21. The highest BCUT2D eigenvalue weighted by molar-refractivity contribution is 5.80. The number of unbranched alkanes of at least 4 members (excludes halogenated alkanes) is 25. The Balaban J connectivity index is 3.67. The summed E-state index contributed by atoms with van der Waals surface area (Å²) in [5, 5.41) is 32.9. The van der Waals surface area contributed by atoms with E-state index in [0.717, 1.165) is 38.5 Å². The Morgan fingerprint density at radius 2 is 0.911 bits per heavy atom. The third-order valence-electron chi connectivity index (χ3n) is 9.04. The third-order valence-corrected chi connectivity index (χ3v) is 9.04. The number of hydrogen-bond donors (Lipinski definition) is 4. The van der Waals surface area contributed by atoms with Crippen LogP contribution in [0.3, 0.4) is 0 Å². The van der Waals surface area contributed by atoms with Crippen LogP contribution in [-0.4, -0.2) is 46.1 Å². The monoisotopic (exact) mass is 636 g/mol. The van der Waals surface area contributed by atoms with E-state index < -0.39 is 24.2 Å². The van der Waals surface area contributed by atoms with Crippen LogP contribution in [0, 0.1) is 0 Å². The zero-order valence-electron chi connectivity index (χ0n) is 30.0. The molecular formula is C40H77NO4. The minimum atomic E-state index is -1.10. The van der Waals surface area contributed by atoms with Gasteiger partial charge < -0.3 is 20.6 Å². The number of hydrogen-bond acceptors (Lipinski definition) is 4. The number of aliphatic hydroxyl groups excluding tert-OH is 3. The van der Waals surface area contributed by atoms with Crippen molar-refractivity contribution >= 4 is 5.91 Å². The molecule has 0 rings (SSSR count). The van der Waals surface area contributed by atoms with Crippen molar-refractivity contribution in [2.24, 2.45) is 0 Å². The lowest BCUT2D eigenvalue weighted by molar-refractivity contribution is -0.131. The Morgan fingerprint density at radius 3 is 1.36 bits per heavy atom. The number of rotatable bonds is 35. The molecule has 0 aliphatic carbocycles. The molecule has 0 bridgehead atoms. The predicted molar refractivity (Wildman–Crippen MR) is 195 cm³/mol. The second kappa shape index (κ2) is 35.7. The van der Waals surface area contributed by atoms with E-state index in [0.29, 0.717) is 6.42 Å². The molecule has 0 aromatic heterocycles. The van der Waals surface area contributed by atoms with Crippen LogP contribution in [0.4, 0.5) is 0 Å². The SMILES string of the molecule is CCCCCCC/C=C/CC/C=C/C(O)C(CO)NC(=O)C(O)CCCCCCCCCCCCCCCCCCCCCC. The highest BCUT2D eigenvalue weighted by Crippen LogP contribution is 2.15. The summed E-state index contributed by atoms with van der Waals surface area (Å²) in [6.07, 6.45) is 42.0. The normalized spacial score (nSPS) is 14.0. The topological polar surface area (TPSA) is 89.8 Å². The summed E-state index contributed by atoms with van der Waals surface area (Å²) in [4.78, 5) is 12.4. The molecule has 0 aromatic rings. The predicted octanol–water partition coefficient (Wildman–Crippen LogP) is 10.7. The molecule has 45 heavy (non-hydrogen) atoms. The van der Waals surface area contributed by atoms with E-state index in [1.54, 1.807) is 6.08 Å². The second-order valence-corrected chi connectivity index (χ2v) is 13.5. The minimum absolute atomic E-state index is 0.374. The largest absolute Gasteiger partial charge is 0.394 e. The molecule has 0 aromatic carbocycles. The van der Waals surface area contributed by atoms with Gasteiger partial charge in [-0.05, 0) is 32.1 Å². The second-order valence-electron chi connectivity index (χ2n) is 13.5. The average Bonchev–Trinajstić information content (AvgIpc) is 3.04. The van der Waals surface area contributed by atoms with Gasteiger partial charge in [0.05, 0.1) is 18.8 Å². The van der Waals surface area contributed by atoms with Crippen molar-refractivity contribution in [3.63, 3.8) is 0 Å². The van der Waals surface area contributed by atoms with Crippen LogP contribution < -0.4 is 5.32 Å². The molecule has 5 nitrogen and oxygen atoms in total. The minimum Gasteiger partial charge on any atom is -0.394 e. The zero-order valence-corrected chi connectivity index (χ0v) is 30.0. The van der Waals surface area contributed by atoms with Gasteiger partial charge in [-0.15, -0.1) is 0 Å². The zero-order chi connectivity index (χ0) is 33.1. The standard InChI is InChI=1S/C40H77NO4/c1-3-5-7-9-11-13-15-16-17-18-19-20-21-22-23-25-27-29-31-33-35-39(44)40(45)41-37(36-42)38(43)34-32-30-28-26-24-14-12-10-8-6-4-2/h24,26,32,34,37-39,42-44H,3-23,25,27-31,33,35-36H2,1-2H3,(H,41,45)/b26-24+,34-32+. The number of nitrogens with one attached hydrogen (secondary N) is 1. The van der Waals surface area contributed by atoms with Gasteiger partial charge in [0.1, 0.15) is 6.10 Å². The summed E-state index contributed by atoms with van der Waals surface area (Å²) in [7, 11) is 0. The van der Waals surface area contributed by atoms with Gasteiger partial charge in [-0.3, -0.25) is 4.79 Å². The molecule has 3 atom stereocenters. The van der Waals surface area contributed by atoms with E-state index in [1.807, 2.05) is 6.08 Å². The highest BCUT2D eigenvalue weighted by atomic mass is 16.3. The fraction of sp³-hybridized carbons (Fsp3) is 0.875. The van der Waals surface area contributed by atoms with Crippen LogP contribution >= 0.6 is 0 Å². The Labute approximate surface area is 280 Å². The van der Waals surface area contributed by atoms with Crippen LogP contribution in [0.1, 0.15) is 200 Å². The van der Waals surface area contributed by atoms with E-state index in [-0.39, 0.29) is 6.61 Å². The molecule has 0 saturated carbocycles. The third kappa shape index (κ3) is 31.2. The fourth-order valence-corrected chi connectivity index (χ4v) is 5.91. The van der Waals surface area contributed by atoms with Crippen molar-refractivity contribution < 1.29 is 20.1 Å². The van der Waals surface area contributed by atoms with Gasteiger partial charge >= 0.3 is 0 Å². The van der Waals surface area contributed by atoms with E-state index in [4.69, 9.17) is 0 Å². The van der Waals surface area contributed by atoms with Crippen molar-refractivity contribution in [1.29, 1.82) is 0 Å². The molecule has 0 radical (unpaired) electrons. The first-order valence-corrected chi connectivity index (χ1v) is 19.7. The van der Waals surface area contributed by atoms with Crippen molar-refractivity contribution in [3.05, 3.63) is 24.3 Å². The van der Waals surface area contributed by atoms with Gasteiger partial charge in [0.2, 0.25) is 5.91 Å². The molecule has 0 heterocycles. The molecule has 5 heteroatoms. The Hall–Kier alpha value is -1.17. The van der Waals surface area contributed by atoms with Gasteiger partial charge in [0.25, 0.3) is 0 Å². The number of carbonyl (C=O) groups is 1. The summed E-state index contributed by atoms with van der Waals surface area (Å²) in [6.45, 7) is 4.14. The van der Waals surface area contributed by atoms with E-state index in [9.17, 15) is 20.1 Å². The summed E-state index contributed by atoms with van der Waals surface area (Å²) in [6, 6.07) is -0.808. The molecule has 0 aliphatic heterocycles. The van der Waals surface area contributed by atoms with Crippen molar-refractivity contribution in [1.82, 2.24) is 5.32 Å². The van der Waals surface area contributed by atoms with E-state index in [1.165, 1.54) is 141 Å². The van der Waals surface area contributed by atoms with Gasteiger partial charge in [0, 0.05) is 0 Å². The molecular weight excluding hydrogens is 558 g/mol.